The lowest BCUT2D eigenvalue weighted by atomic mass is 9.95. The first-order valence-corrected chi connectivity index (χ1v) is 14.3. The Morgan fingerprint density at radius 1 is 0.711 bits per heavy atom. The Bertz CT molecular complexity index is 1540. The lowest BCUT2D eigenvalue weighted by Gasteiger charge is -2.45. The molecule has 5 atom stereocenters. The molecule has 1 heterocycles. The highest BCUT2D eigenvalue weighted by molar-refractivity contribution is 5.66. The zero-order valence-electron chi connectivity index (χ0n) is 24.2. The average molecular weight is 616 g/mol. The maximum absolute atomic E-state index is 11.9. The van der Waals surface area contributed by atoms with Gasteiger partial charge in [-0.2, -0.15) is 0 Å². The standard InChI is InChI=1S/C33H33N3O9/c37-33-30(34-27-17-16-26(35(38)39)18-28(27)36(40)41)32(44-21-25-14-8-3-9-15-25)31(43-20-24-12-6-2-7-13-24)29(45-33)22-42-19-23-10-4-1-5-11-23/h1-18,29-34,37H,19-22H2/t29-,30-,31-,32-,33?/m1/s1. The van der Waals surface area contributed by atoms with E-state index in [0.717, 1.165) is 28.8 Å². The largest absolute Gasteiger partial charge is 0.374 e. The molecule has 2 N–H and O–H groups in total. The van der Waals surface area contributed by atoms with E-state index in [1.165, 1.54) is 6.07 Å². The molecule has 4 aromatic rings. The monoisotopic (exact) mass is 615 g/mol. The van der Waals surface area contributed by atoms with E-state index in [1.807, 2.05) is 91.0 Å². The summed E-state index contributed by atoms with van der Waals surface area (Å²) >= 11 is 0. The minimum atomic E-state index is -1.51. The number of nitrogens with one attached hydrogen (secondary N) is 1. The summed E-state index contributed by atoms with van der Waals surface area (Å²) in [6.07, 6.45) is -4.00. The van der Waals surface area contributed by atoms with Gasteiger partial charge in [0.15, 0.2) is 6.29 Å². The van der Waals surface area contributed by atoms with Gasteiger partial charge in [-0.3, -0.25) is 20.2 Å². The van der Waals surface area contributed by atoms with Gasteiger partial charge in [0.2, 0.25) is 0 Å². The predicted molar refractivity (Wildman–Crippen MR) is 164 cm³/mol. The molecule has 0 radical (unpaired) electrons. The number of rotatable bonds is 14. The number of aliphatic hydroxyl groups is 1. The van der Waals surface area contributed by atoms with Gasteiger partial charge >= 0.3 is 0 Å². The van der Waals surface area contributed by atoms with Crippen molar-refractivity contribution in [3.63, 3.8) is 0 Å². The second-order valence-corrected chi connectivity index (χ2v) is 10.5. The Kier molecular flexibility index (Phi) is 10.8. The van der Waals surface area contributed by atoms with Crippen molar-refractivity contribution < 1.29 is 33.9 Å². The molecule has 0 saturated carbocycles. The van der Waals surface area contributed by atoms with Crippen LogP contribution in [0.1, 0.15) is 16.7 Å². The highest BCUT2D eigenvalue weighted by atomic mass is 16.7. The number of non-ortho nitro benzene ring substituents is 1. The third-order valence-corrected chi connectivity index (χ3v) is 7.34. The van der Waals surface area contributed by atoms with Crippen LogP contribution in [0.5, 0.6) is 0 Å². The minimum absolute atomic E-state index is 0.0489. The van der Waals surface area contributed by atoms with E-state index in [0.29, 0.717) is 6.61 Å². The van der Waals surface area contributed by atoms with Gasteiger partial charge in [-0.15, -0.1) is 0 Å². The molecule has 0 amide bonds. The number of ether oxygens (including phenoxy) is 4. The van der Waals surface area contributed by atoms with Crippen LogP contribution in [0, 0.1) is 20.2 Å². The van der Waals surface area contributed by atoms with Gasteiger partial charge in [-0.1, -0.05) is 91.0 Å². The molecule has 12 nitrogen and oxygen atoms in total. The van der Waals surface area contributed by atoms with E-state index >= 15 is 0 Å². The first kappa shape index (κ1) is 31.7. The Hall–Kier alpha value is -4.72. The molecule has 1 aliphatic heterocycles. The van der Waals surface area contributed by atoms with Gasteiger partial charge in [-0.25, -0.2) is 0 Å². The molecule has 4 aromatic carbocycles. The highest BCUT2D eigenvalue weighted by Crippen LogP contribution is 2.34. The van der Waals surface area contributed by atoms with Gasteiger partial charge in [0.25, 0.3) is 11.4 Å². The van der Waals surface area contributed by atoms with Crippen molar-refractivity contribution >= 4 is 17.1 Å². The normalized spacial score (nSPS) is 21.2. The van der Waals surface area contributed by atoms with E-state index in [2.05, 4.69) is 5.32 Å². The quantitative estimate of drug-likeness (QED) is 0.139. The fourth-order valence-electron chi connectivity index (χ4n) is 5.09. The zero-order chi connectivity index (χ0) is 31.6. The molecule has 1 aliphatic rings. The smallest absolute Gasteiger partial charge is 0.299 e. The minimum Gasteiger partial charge on any atom is -0.374 e. The molecule has 1 saturated heterocycles. The number of nitrogens with zero attached hydrogens (tertiary/aromatic N) is 2. The second kappa shape index (κ2) is 15.3. The summed E-state index contributed by atoms with van der Waals surface area (Å²) in [7, 11) is 0. The third-order valence-electron chi connectivity index (χ3n) is 7.34. The number of aliphatic hydroxyl groups excluding tert-OH is 1. The van der Waals surface area contributed by atoms with Crippen molar-refractivity contribution in [3.05, 3.63) is 146 Å². The van der Waals surface area contributed by atoms with E-state index in [4.69, 9.17) is 18.9 Å². The fourth-order valence-corrected chi connectivity index (χ4v) is 5.09. The van der Waals surface area contributed by atoms with Crippen molar-refractivity contribution in [2.45, 2.75) is 50.5 Å². The van der Waals surface area contributed by atoms with Crippen LogP contribution in [0.2, 0.25) is 0 Å². The first-order chi connectivity index (χ1) is 21.9. The molecule has 12 heteroatoms. The number of nitro benzene ring substituents is 2. The van der Waals surface area contributed by atoms with Crippen LogP contribution in [0.15, 0.2) is 109 Å². The van der Waals surface area contributed by atoms with Crippen LogP contribution in [0.3, 0.4) is 0 Å². The number of nitro groups is 2. The molecule has 0 bridgehead atoms. The summed E-state index contributed by atoms with van der Waals surface area (Å²) in [5.41, 5.74) is 1.68. The summed E-state index contributed by atoms with van der Waals surface area (Å²) in [4.78, 5) is 21.8. The van der Waals surface area contributed by atoms with Crippen LogP contribution in [0.25, 0.3) is 0 Å². The van der Waals surface area contributed by atoms with Crippen molar-refractivity contribution in [2.24, 2.45) is 0 Å². The Balaban J connectivity index is 1.45. The second-order valence-electron chi connectivity index (χ2n) is 10.5. The first-order valence-electron chi connectivity index (χ1n) is 14.3. The van der Waals surface area contributed by atoms with Crippen molar-refractivity contribution in [1.82, 2.24) is 0 Å². The van der Waals surface area contributed by atoms with Crippen molar-refractivity contribution in [1.29, 1.82) is 0 Å². The van der Waals surface area contributed by atoms with Gasteiger partial charge < -0.3 is 29.4 Å². The predicted octanol–water partition coefficient (Wildman–Crippen LogP) is 5.39. The number of benzene rings is 4. The van der Waals surface area contributed by atoms with Crippen LogP contribution in [0.4, 0.5) is 17.1 Å². The zero-order valence-corrected chi connectivity index (χ0v) is 24.2. The van der Waals surface area contributed by atoms with Gasteiger partial charge in [0, 0.05) is 6.07 Å². The van der Waals surface area contributed by atoms with E-state index in [9.17, 15) is 25.3 Å². The van der Waals surface area contributed by atoms with Gasteiger partial charge in [0.1, 0.15) is 30.0 Å². The summed E-state index contributed by atoms with van der Waals surface area (Å²) in [5, 5.41) is 37.5. The molecule has 1 fully saturated rings. The lowest BCUT2D eigenvalue weighted by molar-refractivity contribution is -0.393. The fraction of sp³-hybridized carbons (Fsp3) is 0.273. The van der Waals surface area contributed by atoms with Gasteiger partial charge in [-0.05, 0) is 22.8 Å². The number of anilines is 1. The van der Waals surface area contributed by atoms with E-state index in [-0.39, 0.29) is 25.5 Å². The van der Waals surface area contributed by atoms with E-state index in [1.54, 1.807) is 0 Å². The molecular weight excluding hydrogens is 582 g/mol. The number of hydrogen-bond donors (Lipinski definition) is 2. The Labute approximate surface area is 259 Å². The van der Waals surface area contributed by atoms with Gasteiger partial charge in [0.05, 0.1) is 42.3 Å². The maximum Gasteiger partial charge on any atom is 0.299 e. The summed E-state index contributed by atoms with van der Waals surface area (Å²) in [6, 6.07) is 30.7. The third kappa shape index (κ3) is 8.47. The summed E-state index contributed by atoms with van der Waals surface area (Å²) in [5.74, 6) is 0. The summed E-state index contributed by atoms with van der Waals surface area (Å²) < 4.78 is 24.9. The van der Waals surface area contributed by atoms with Crippen LogP contribution < -0.4 is 5.32 Å². The van der Waals surface area contributed by atoms with Crippen molar-refractivity contribution in [2.75, 3.05) is 11.9 Å². The van der Waals surface area contributed by atoms with Crippen molar-refractivity contribution in [3.8, 4) is 0 Å². The molecule has 234 valence electrons. The van der Waals surface area contributed by atoms with Crippen LogP contribution in [-0.2, 0) is 38.8 Å². The van der Waals surface area contributed by atoms with Crippen LogP contribution in [-0.4, -0.2) is 52.2 Å². The lowest BCUT2D eigenvalue weighted by Crippen LogP contribution is -2.62. The van der Waals surface area contributed by atoms with E-state index < -0.39 is 51.9 Å². The average Bonchev–Trinajstić information content (AvgIpc) is 3.06. The summed E-state index contributed by atoms with van der Waals surface area (Å²) in [6.45, 7) is 0.687. The molecule has 1 unspecified atom stereocenters. The topological polar surface area (TPSA) is 155 Å². The maximum atomic E-state index is 11.9. The molecule has 5 rings (SSSR count). The molecular formula is C33H33N3O9. The Morgan fingerprint density at radius 3 is 1.78 bits per heavy atom. The molecule has 45 heavy (non-hydrogen) atoms. The van der Waals surface area contributed by atoms with Crippen LogP contribution >= 0.6 is 0 Å². The molecule has 0 spiro atoms. The highest BCUT2D eigenvalue weighted by Gasteiger charge is 2.48. The molecule has 0 aromatic heterocycles. The number of hydrogen-bond acceptors (Lipinski definition) is 10. The Morgan fingerprint density at radius 2 is 1.24 bits per heavy atom. The molecule has 0 aliphatic carbocycles. The SMILES string of the molecule is O=[N+]([O-])c1ccc(N[C@H]2C(O)O[C@H](COCc3ccccc3)[C@@H](OCc3ccccc3)[C@@H]2OCc2ccccc2)c([N+](=O)[O-])c1.